The molecule has 1 aliphatic carbocycles. The van der Waals surface area contributed by atoms with E-state index in [1.807, 2.05) is 6.07 Å². The van der Waals surface area contributed by atoms with Crippen LogP contribution in [0.15, 0.2) is 12.3 Å². The number of hydrogen-bond donors (Lipinski definition) is 2. The quantitative estimate of drug-likeness (QED) is 0.793. The number of carboxylic acids is 1. The zero-order valence-corrected chi connectivity index (χ0v) is 8.47. The SMILES string of the molecule is O=C(O)C1(Cc2cnc3n[nH]nc3c2)CC1. The van der Waals surface area contributed by atoms with Gasteiger partial charge in [-0.25, -0.2) is 4.98 Å². The van der Waals surface area contributed by atoms with Gasteiger partial charge in [-0.1, -0.05) is 0 Å². The number of carbonyl (C=O) groups is 1. The summed E-state index contributed by atoms with van der Waals surface area (Å²) in [5, 5.41) is 19.3. The molecular weight excluding hydrogens is 208 g/mol. The first-order valence-corrected chi connectivity index (χ1v) is 5.08. The van der Waals surface area contributed by atoms with Gasteiger partial charge in [0, 0.05) is 6.20 Å². The van der Waals surface area contributed by atoms with E-state index in [2.05, 4.69) is 20.4 Å². The average molecular weight is 218 g/mol. The molecule has 6 nitrogen and oxygen atoms in total. The molecule has 1 aliphatic rings. The molecule has 6 heteroatoms. The minimum Gasteiger partial charge on any atom is -0.481 e. The first kappa shape index (κ1) is 9.26. The lowest BCUT2D eigenvalue weighted by Gasteiger charge is -2.08. The fourth-order valence-corrected chi connectivity index (χ4v) is 1.89. The molecule has 1 saturated carbocycles. The summed E-state index contributed by atoms with van der Waals surface area (Å²) in [7, 11) is 0. The van der Waals surface area contributed by atoms with E-state index < -0.39 is 11.4 Å². The van der Waals surface area contributed by atoms with Crippen molar-refractivity contribution in [3.05, 3.63) is 17.8 Å². The Balaban J connectivity index is 1.92. The van der Waals surface area contributed by atoms with Crippen molar-refractivity contribution in [1.82, 2.24) is 20.4 Å². The highest BCUT2D eigenvalue weighted by Crippen LogP contribution is 2.48. The van der Waals surface area contributed by atoms with E-state index >= 15 is 0 Å². The van der Waals surface area contributed by atoms with E-state index in [0.29, 0.717) is 17.6 Å². The predicted molar refractivity (Wildman–Crippen MR) is 54.7 cm³/mol. The highest BCUT2D eigenvalue weighted by atomic mass is 16.4. The lowest BCUT2D eigenvalue weighted by Crippen LogP contribution is -2.17. The third kappa shape index (κ3) is 1.34. The smallest absolute Gasteiger partial charge is 0.309 e. The Morgan fingerprint density at radius 2 is 2.31 bits per heavy atom. The number of nitrogens with one attached hydrogen (secondary N) is 1. The molecule has 0 atom stereocenters. The highest BCUT2D eigenvalue weighted by molar-refractivity contribution is 5.78. The van der Waals surface area contributed by atoms with Crippen molar-refractivity contribution in [2.24, 2.45) is 5.41 Å². The van der Waals surface area contributed by atoms with Crippen LogP contribution in [0.5, 0.6) is 0 Å². The molecule has 2 N–H and O–H groups in total. The maximum atomic E-state index is 11.0. The van der Waals surface area contributed by atoms with E-state index in [0.717, 1.165) is 18.4 Å². The van der Waals surface area contributed by atoms with E-state index in [1.165, 1.54) is 0 Å². The third-order valence-electron chi connectivity index (χ3n) is 3.08. The third-order valence-corrected chi connectivity index (χ3v) is 3.08. The lowest BCUT2D eigenvalue weighted by molar-refractivity contribution is -0.143. The monoisotopic (exact) mass is 218 g/mol. The summed E-state index contributed by atoms with van der Waals surface area (Å²) in [6.45, 7) is 0. The predicted octanol–water partition coefficient (Wildman–Crippen LogP) is 0.760. The number of rotatable bonds is 3. The number of H-pyrrole nitrogens is 1. The molecule has 0 radical (unpaired) electrons. The lowest BCUT2D eigenvalue weighted by atomic mass is 9.98. The Morgan fingerprint density at radius 1 is 1.50 bits per heavy atom. The summed E-state index contributed by atoms with van der Waals surface area (Å²) in [5.41, 5.74) is 1.59. The van der Waals surface area contributed by atoms with Gasteiger partial charge in [0.25, 0.3) is 0 Å². The zero-order valence-electron chi connectivity index (χ0n) is 8.47. The van der Waals surface area contributed by atoms with Crippen LogP contribution in [0.4, 0.5) is 0 Å². The maximum absolute atomic E-state index is 11.0. The molecule has 2 heterocycles. The Morgan fingerprint density at radius 3 is 3.00 bits per heavy atom. The zero-order chi connectivity index (χ0) is 11.2. The largest absolute Gasteiger partial charge is 0.481 e. The minimum atomic E-state index is -0.715. The van der Waals surface area contributed by atoms with Gasteiger partial charge in [0.2, 0.25) is 5.65 Å². The standard InChI is InChI=1S/C10H10N4O2/c15-9(16)10(1-2-10)4-6-3-7-8(11-5-6)13-14-12-7/h3,5H,1-2,4H2,(H,15,16)(H,11,12,13,14). The van der Waals surface area contributed by atoms with Crippen LogP contribution in [0.3, 0.4) is 0 Å². The molecule has 1 fully saturated rings. The molecule has 0 aliphatic heterocycles. The van der Waals surface area contributed by atoms with Gasteiger partial charge in [-0.3, -0.25) is 4.79 Å². The van der Waals surface area contributed by atoms with Gasteiger partial charge in [0.1, 0.15) is 5.52 Å². The van der Waals surface area contributed by atoms with E-state index in [1.54, 1.807) is 6.20 Å². The molecule has 0 unspecified atom stereocenters. The van der Waals surface area contributed by atoms with Gasteiger partial charge >= 0.3 is 5.97 Å². The van der Waals surface area contributed by atoms with Crippen molar-refractivity contribution in [2.45, 2.75) is 19.3 Å². The molecule has 3 rings (SSSR count). The summed E-state index contributed by atoms with van der Waals surface area (Å²) in [6.07, 6.45) is 3.70. The van der Waals surface area contributed by atoms with Crippen LogP contribution in [0, 0.1) is 5.41 Å². The second-order valence-corrected chi connectivity index (χ2v) is 4.27. The first-order chi connectivity index (χ1) is 7.70. The van der Waals surface area contributed by atoms with Gasteiger partial charge in [0.15, 0.2) is 0 Å². The molecule has 2 aromatic heterocycles. The molecule has 82 valence electrons. The van der Waals surface area contributed by atoms with Gasteiger partial charge < -0.3 is 5.11 Å². The maximum Gasteiger partial charge on any atom is 0.309 e. The van der Waals surface area contributed by atoms with Gasteiger partial charge in [-0.2, -0.15) is 10.3 Å². The molecule has 0 aromatic carbocycles. The minimum absolute atomic E-state index is 0.526. The Bertz CT molecular complexity index is 559. The Kier molecular flexibility index (Phi) is 1.74. The number of nitrogens with zero attached hydrogens (tertiary/aromatic N) is 3. The van der Waals surface area contributed by atoms with E-state index in [9.17, 15) is 4.79 Å². The average Bonchev–Trinajstić information content (AvgIpc) is 2.90. The van der Waals surface area contributed by atoms with Crippen LogP contribution < -0.4 is 0 Å². The van der Waals surface area contributed by atoms with Crippen LogP contribution in [0.2, 0.25) is 0 Å². The molecule has 0 bridgehead atoms. The Hall–Kier alpha value is -1.98. The van der Waals surface area contributed by atoms with Crippen LogP contribution in [-0.2, 0) is 11.2 Å². The highest BCUT2D eigenvalue weighted by Gasteiger charge is 2.50. The Labute approximate surface area is 90.7 Å². The number of aliphatic carboxylic acids is 1. The number of hydrogen-bond acceptors (Lipinski definition) is 4. The normalized spacial score (nSPS) is 17.5. The van der Waals surface area contributed by atoms with Gasteiger partial charge in [-0.05, 0) is 30.9 Å². The van der Waals surface area contributed by atoms with Crippen molar-refractivity contribution in [3.63, 3.8) is 0 Å². The summed E-state index contributed by atoms with van der Waals surface area (Å²) in [6, 6.07) is 1.84. The van der Waals surface area contributed by atoms with E-state index in [-0.39, 0.29) is 0 Å². The molecule has 0 amide bonds. The van der Waals surface area contributed by atoms with E-state index in [4.69, 9.17) is 5.11 Å². The molecule has 16 heavy (non-hydrogen) atoms. The van der Waals surface area contributed by atoms with Crippen molar-refractivity contribution in [1.29, 1.82) is 0 Å². The number of aromatic amines is 1. The summed E-state index contributed by atoms with van der Waals surface area (Å²) < 4.78 is 0. The second-order valence-electron chi connectivity index (χ2n) is 4.27. The number of carboxylic acid groups (broad SMARTS) is 1. The number of aromatic nitrogens is 4. The first-order valence-electron chi connectivity index (χ1n) is 5.08. The molecule has 2 aromatic rings. The van der Waals surface area contributed by atoms with Crippen LogP contribution in [0.25, 0.3) is 11.2 Å². The second kappa shape index (κ2) is 3.01. The fourth-order valence-electron chi connectivity index (χ4n) is 1.89. The molecule has 0 saturated heterocycles. The molecule has 0 spiro atoms. The number of pyridine rings is 1. The van der Waals surface area contributed by atoms with Crippen molar-refractivity contribution in [3.8, 4) is 0 Å². The van der Waals surface area contributed by atoms with Crippen molar-refractivity contribution in [2.75, 3.05) is 0 Å². The van der Waals surface area contributed by atoms with Crippen molar-refractivity contribution < 1.29 is 9.90 Å². The topological polar surface area (TPSA) is 91.8 Å². The number of fused-ring (bicyclic) bond motifs is 1. The van der Waals surface area contributed by atoms with Crippen LogP contribution in [-0.4, -0.2) is 31.5 Å². The summed E-state index contributed by atoms with van der Waals surface area (Å²) in [5.74, 6) is -0.715. The van der Waals surface area contributed by atoms with Crippen LogP contribution in [0.1, 0.15) is 18.4 Å². The summed E-state index contributed by atoms with van der Waals surface area (Å²) in [4.78, 5) is 15.2. The molecular formula is C10H10N4O2. The van der Waals surface area contributed by atoms with Crippen LogP contribution >= 0.6 is 0 Å². The summed E-state index contributed by atoms with van der Waals surface area (Å²) >= 11 is 0. The van der Waals surface area contributed by atoms with Gasteiger partial charge in [-0.15, -0.1) is 5.10 Å². The van der Waals surface area contributed by atoms with Crippen molar-refractivity contribution >= 4 is 17.1 Å². The van der Waals surface area contributed by atoms with Gasteiger partial charge in [0.05, 0.1) is 5.41 Å². The fraction of sp³-hybridized carbons (Fsp3) is 0.400.